The average molecular weight is 268 g/mol. The van der Waals surface area contributed by atoms with Gasteiger partial charge in [0.25, 0.3) is 5.91 Å². The number of nitrogens with one attached hydrogen (secondary N) is 1. The van der Waals surface area contributed by atoms with Gasteiger partial charge in [-0.3, -0.25) is 14.4 Å². The van der Waals surface area contributed by atoms with Crippen LogP contribution < -0.4 is 11.1 Å². The van der Waals surface area contributed by atoms with Crippen LogP contribution in [0.1, 0.15) is 10.5 Å². The molecule has 0 aliphatic carbocycles. The number of morpholine rings is 1. The van der Waals surface area contributed by atoms with Gasteiger partial charge < -0.3 is 15.8 Å². The molecule has 0 unspecified atom stereocenters. The predicted molar refractivity (Wildman–Crippen MR) is 68.7 cm³/mol. The molecule has 1 aromatic heterocycles. The van der Waals surface area contributed by atoms with Crippen molar-refractivity contribution in [2.45, 2.75) is 6.54 Å². The molecule has 1 saturated heterocycles. The molecule has 2 heterocycles. The fourth-order valence-electron chi connectivity index (χ4n) is 1.89. The van der Waals surface area contributed by atoms with E-state index >= 15 is 0 Å². The zero-order chi connectivity index (χ0) is 13.5. The molecule has 0 atom stereocenters. The lowest BCUT2D eigenvalue weighted by Crippen LogP contribution is -2.41. The van der Waals surface area contributed by atoms with Crippen molar-refractivity contribution in [1.29, 1.82) is 0 Å². The van der Waals surface area contributed by atoms with Crippen LogP contribution in [0, 0.1) is 0 Å². The van der Waals surface area contributed by atoms with Gasteiger partial charge in [-0.05, 0) is 0 Å². The molecular formula is C11H20N6O2. The number of carbonyl (C=O) groups is 1. The van der Waals surface area contributed by atoms with Gasteiger partial charge in [-0.1, -0.05) is 5.21 Å². The van der Waals surface area contributed by atoms with Crippen molar-refractivity contribution in [3.63, 3.8) is 0 Å². The van der Waals surface area contributed by atoms with Gasteiger partial charge in [0.05, 0.1) is 26.0 Å². The summed E-state index contributed by atoms with van der Waals surface area (Å²) in [7, 11) is 0. The Bertz CT molecular complexity index is 402. The van der Waals surface area contributed by atoms with Crippen LogP contribution in [-0.4, -0.2) is 71.7 Å². The summed E-state index contributed by atoms with van der Waals surface area (Å²) in [5.41, 5.74) is 5.73. The van der Waals surface area contributed by atoms with Crippen LogP contribution in [0.2, 0.25) is 0 Å². The molecule has 0 saturated carbocycles. The molecule has 3 N–H and O–H groups in total. The minimum Gasteiger partial charge on any atom is -0.379 e. The van der Waals surface area contributed by atoms with E-state index in [0.29, 0.717) is 25.3 Å². The third kappa shape index (κ3) is 4.27. The van der Waals surface area contributed by atoms with E-state index in [9.17, 15) is 4.79 Å². The van der Waals surface area contributed by atoms with E-state index in [1.165, 1.54) is 0 Å². The standard InChI is InChI=1S/C11H20N6O2/c12-1-3-17-9-10(14-15-17)11(18)13-2-4-16-5-7-19-8-6-16/h9H,1-8,12H2,(H,13,18). The van der Waals surface area contributed by atoms with Crippen molar-refractivity contribution in [3.05, 3.63) is 11.9 Å². The number of carbonyl (C=O) groups excluding carboxylic acids is 1. The third-order valence-electron chi connectivity index (χ3n) is 2.95. The molecule has 1 aliphatic heterocycles. The highest BCUT2D eigenvalue weighted by Gasteiger charge is 2.12. The molecule has 8 nitrogen and oxygen atoms in total. The molecule has 0 radical (unpaired) electrons. The predicted octanol–water partition coefficient (Wildman–Crippen LogP) is -1.70. The normalized spacial score (nSPS) is 16.5. The Kier molecular flexibility index (Phi) is 5.25. The summed E-state index contributed by atoms with van der Waals surface area (Å²) >= 11 is 0. The second-order valence-corrected chi connectivity index (χ2v) is 4.37. The Morgan fingerprint density at radius 2 is 2.21 bits per heavy atom. The summed E-state index contributed by atoms with van der Waals surface area (Å²) in [4.78, 5) is 14.1. The molecule has 2 rings (SSSR count). The van der Waals surface area contributed by atoms with Crippen molar-refractivity contribution < 1.29 is 9.53 Å². The van der Waals surface area contributed by atoms with Crippen molar-refractivity contribution in [2.24, 2.45) is 5.73 Å². The maximum absolute atomic E-state index is 11.8. The van der Waals surface area contributed by atoms with Crippen LogP contribution in [0.3, 0.4) is 0 Å². The summed E-state index contributed by atoms with van der Waals surface area (Å²) in [6.07, 6.45) is 1.61. The van der Waals surface area contributed by atoms with Crippen molar-refractivity contribution in [2.75, 3.05) is 45.9 Å². The molecule has 1 fully saturated rings. The number of nitrogens with two attached hydrogens (primary N) is 1. The zero-order valence-corrected chi connectivity index (χ0v) is 10.9. The second-order valence-electron chi connectivity index (χ2n) is 4.37. The summed E-state index contributed by atoms with van der Waals surface area (Å²) in [5.74, 6) is -0.198. The van der Waals surface area contributed by atoms with Gasteiger partial charge in [-0.25, -0.2) is 0 Å². The Labute approximate surface area is 111 Å². The van der Waals surface area contributed by atoms with E-state index < -0.39 is 0 Å². The van der Waals surface area contributed by atoms with E-state index in [2.05, 4.69) is 20.5 Å². The van der Waals surface area contributed by atoms with E-state index in [1.54, 1.807) is 10.9 Å². The first-order chi connectivity index (χ1) is 9.29. The molecule has 1 amide bonds. The lowest BCUT2D eigenvalue weighted by Gasteiger charge is -2.26. The third-order valence-corrected chi connectivity index (χ3v) is 2.95. The van der Waals surface area contributed by atoms with Gasteiger partial charge in [0, 0.05) is 32.7 Å². The minimum atomic E-state index is -0.198. The quantitative estimate of drug-likeness (QED) is 0.638. The van der Waals surface area contributed by atoms with Crippen molar-refractivity contribution in [1.82, 2.24) is 25.2 Å². The number of aromatic nitrogens is 3. The van der Waals surface area contributed by atoms with E-state index in [0.717, 1.165) is 32.8 Å². The smallest absolute Gasteiger partial charge is 0.273 e. The van der Waals surface area contributed by atoms with Gasteiger partial charge in [-0.2, -0.15) is 0 Å². The molecule has 8 heteroatoms. The molecule has 19 heavy (non-hydrogen) atoms. The largest absolute Gasteiger partial charge is 0.379 e. The van der Waals surface area contributed by atoms with Gasteiger partial charge in [0.15, 0.2) is 5.69 Å². The summed E-state index contributed by atoms with van der Waals surface area (Å²) in [6, 6.07) is 0. The number of ether oxygens (including phenoxy) is 1. The van der Waals surface area contributed by atoms with Gasteiger partial charge in [-0.15, -0.1) is 5.10 Å². The maximum atomic E-state index is 11.8. The van der Waals surface area contributed by atoms with Crippen molar-refractivity contribution >= 4 is 5.91 Å². The molecule has 0 bridgehead atoms. The number of rotatable bonds is 6. The van der Waals surface area contributed by atoms with Crippen LogP contribution >= 0.6 is 0 Å². The molecule has 0 aromatic carbocycles. The monoisotopic (exact) mass is 268 g/mol. The average Bonchev–Trinajstić information content (AvgIpc) is 2.89. The van der Waals surface area contributed by atoms with Gasteiger partial charge in [0.2, 0.25) is 0 Å². The van der Waals surface area contributed by atoms with Crippen LogP contribution in [0.4, 0.5) is 0 Å². The molecular weight excluding hydrogens is 248 g/mol. The second kappa shape index (κ2) is 7.17. The van der Waals surface area contributed by atoms with Crippen LogP contribution in [0.5, 0.6) is 0 Å². The van der Waals surface area contributed by atoms with Crippen molar-refractivity contribution in [3.8, 4) is 0 Å². The van der Waals surface area contributed by atoms with E-state index in [-0.39, 0.29) is 5.91 Å². The highest BCUT2D eigenvalue weighted by molar-refractivity contribution is 5.91. The number of nitrogens with zero attached hydrogens (tertiary/aromatic N) is 4. The summed E-state index contributed by atoms with van der Waals surface area (Å²) in [6.45, 7) is 5.83. The van der Waals surface area contributed by atoms with Gasteiger partial charge in [0.1, 0.15) is 0 Å². The SMILES string of the molecule is NCCn1cc(C(=O)NCCN2CCOCC2)nn1. The Hall–Kier alpha value is -1.51. The first-order valence-corrected chi connectivity index (χ1v) is 6.48. The van der Waals surface area contributed by atoms with Crippen LogP contribution in [0.25, 0.3) is 0 Å². The molecule has 0 spiro atoms. The number of hydrogen-bond donors (Lipinski definition) is 2. The number of amides is 1. The first-order valence-electron chi connectivity index (χ1n) is 6.48. The fourth-order valence-corrected chi connectivity index (χ4v) is 1.89. The first kappa shape index (κ1) is 13.9. The summed E-state index contributed by atoms with van der Waals surface area (Å²) in [5, 5.41) is 10.5. The topological polar surface area (TPSA) is 98.3 Å². The van der Waals surface area contributed by atoms with Crippen LogP contribution in [-0.2, 0) is 11.3 Å². The highest BCUT2D eigenvalue weighted by atomic mass is 16.5. The molecule has 1 aromatic rings. The molecule has 106 valence electrons. The van der Waals surface area contributed by atoms with E-state index in [1.807, 2.05) is 0 Å². The Morgan fingerprint density at radius 1 is 1.42 bits per heavy atom. The number of hydrogen-bond acceptors (Lipinski definition) is 6. The molecule has 1 aliphatic rings. The van der Waals surface area contributed by atoms with Gasteiger partial charge >= 0.3 is 0 Å². The fraction of sp³-hybridized carbons (Fsp3) is 0.727. The van der Waals surface area contributed by atoms with Crippen LogP contribution in [0.15, 0.2) is 6.20 Å². The highest BCUT2D eigenvalue weighted by Crippen LogP contribution is 1.96. The lowest BCUT2D eigenvalue weighted by molar-refractivity contribution is 0.0383. The Balaban J connectivity index is 1.70. The minimum absolute atomic E-state index is 0.198. The zero-order valence-electron chi connectivity index (χ0n) is 10.9. The Morgan fingerprint density at radius 3 is 2.95 bits per heavy atom. The maximum Gasteiger partial charge on any atom is 0.273 e. The van der Waals surface area contributed by atoms with E-state index in [4.69, 9.17) is 10.5 Å². The summed E-state index contributed by atoms with van der Waals surface area (Å²) < 4.78 is 6.83. The lowest BCUT2D eigenvalue weighted by atomic mass is 10.4.